The molecule has 0 saturated carbocycles. The predicted octanol–water partition coefficient (Wildman–Crippen LogP) is 2.05. The lowest BCUT2D eigenvalue weighted by atomic mass is 10.3. The molecule has 0 aromatic rings. The molecular weight excluding hydrogens is 148 g/mol. The number of aliphatic hydroxyl groups is 1. The fourth-order valence-corrected chi connectivity index (χ4v) is 0.458. The van der Waals surface area contributed by atoms with Gasteiger partial charge in [-0.15, -0.1) is 5.73 Å². The minimum Gasteiger partial charge on any atom is -0.389 e. The summed E-state index contributed by atoms with van der Waals surface area (Å²) in [6.07, 6.45) is 4.51. The zero-order valence-electron chi connectivity index (χ0n) is 7.76. The zero-order chi connectivity index (χ0) is 9.40. The van der Waals surface area contributed by atoms with Crippen molar-refractivity contribution in [2.24, 2.45) is 0 Å². The summed E-state index contributed by atoms with van der Waals surface area (Å²) in [5.74, 6) is 5.52. The Morgan fingerprint density at radius 2 is 2.00 bits per heavy atom. The van der Waals surface area contributed by atoms with Crippen molar-refractivity contribution in [2.75, 3.05) is 0 Å². The van der Waals surface area contributed by atoms with Gasteiger partial charge in [-0.05, 0) is 38.5 Å². The Kier molecular flexibility index (Phi) is 5.83. The minimum atomic E-state index is -0.424. The molecule has 0 bridgehead atoms. The summed E-state index contributed by atoms with van der Waals surface area (Å²) in [4.78, 5) is 0. The topological polar surface area (TPSA) is 20.2 Å². The van der Waals surface area contributed by atoms with Crippen LogP contribution < -0.4 is 0 Å². The second-order valence-electron chi connectivity index (χ2n) is 2.68. The van der Waals surface area contributed by atoms with Gasteiger partial charge in [0, 0.05) is 6.08 Å². The van der Waals surface area contributed by atoms with Crippen LogP contribution in [0.4, 0.5) is 0 Å². The quantitative estimate of drug-likeness (QED) is 0.462. The number of aliphatic hydroxyl groups excluding tert-OH is 1. The molecular formula is C11H14O. The molecule has 1 atom stereocenters. The summed E-state index contributed by atoms with van der Waals surface area (Å²) < 4.78 is 0. The van der Waals surface area contributed by atoms with E-state index in [1.54, 1.807) is 25.2 Å². The highest BCUT2D eigenvalue weighted by Gasteiger charge is 1.79. The minimum absolute atomic E-state index is 0.424. The second kappa shape index (κ2) is 6.49. The summed E-state index contributed by atoms with van der Waals surface area (Å²) in [6.45, 7) is 5.61. The average molecular weight is 162 g/mol. The van der Waals surface area contributed by atoms with Crippen LogP contribution in [0.5, 0.6) is 0 Å². The second-order valence-corrected chi connectivity index (χ2v) is 2.68. The molecule has 0 aliphatic heterocycles. The maximum Gasteiger partial charge on any atom is 0.0701 e. The van der Waals surface area contributed by atoms with Crippen molar-refractivity contribution in [1.82, 2.24) is 0 Å². The van der Waals surface area contributed by atoms with E-state index in [0.717, 1.165) is 5.57 Å². The van der Waals surface area contributed by atoms with Gasteiger partial charge >= 0.3 is 0 Å². The molecule has 0 aliphatic carbocycles. The molecule has 0 heterocycles. The summed E-state index contributed by atoms with van der Waals surface area (Å²) in [5, 5.41) is 8.81. The van der Waals surface area contributed by atoms with Gasteiger partial charge in [0.15, 0.2) is 0 Å². The van der Waals surface area contributed by atoms with E-state index in [2.05, 4.69) is 17.6 Å². The van der Waals surface area contributed by atoms with E-state index in [9.17, 15) is 0 Å². The lowest BCUT2D eigenvalue weighted by Crippen LogP contribution is -1.90. The first kappa shape index (κ1) is 10.8. The number of rotatable bonds is 1. The van der Waals surface area contributed by atoms with Gasteiger partial charge in [-0.25, -0.2) is 0 Å². The van der Waals surface area contributed by atoms with Crippen molar-refractivity contribution in [3.63, 3.8) is 0 Å². The van der Waals surface area contributed by atoms with Gasteiger partial charge in [0.25, 0.3) is 0 Å². The van der Waals surface area contributed by atoms with Crippen LogP contribution in [0.2, 0.25) is 0 Å². The van der Waals surface area contributed by atoms with Crippen molar-refractivity contribution < 1.29 is 5.11 Å². The maximum atomic E-state index is 8.81. The molecule has 0 fully saturated rings. The van der Waals surface area contributed by atoms with Crippen LogP contribution in [0.3, 0.4) is 0 Å². The highest BCUT2D eigenvalue weighted by Crippen LogP contribution is 1.82. The van der Waals surface area contributed by atoms with Crippen LogP contribution in [0.25, 0.3) is 0 Å². The highest BCUT2D eigenvalue weighted by molar-refractivity contribution is 5.24. The van der Waals surface area contributed by atoms with Crippen molar-refractivity contribution in [2.45, 2.75) is 26.9 Å². The van der Waals surface area contributed by atoms with E-state index in [-0.39, 0.29) is 0 Å². The molecule has 1 unspecified atom stereocenters. The van der Waals surface area contributed by atoms with E-state index in [0.29, 0.717) is 0 Å². The number of allylic oxidation sites excluding steroid dienone is 2. The van der Waals surface area contributed by atoms with E-state index < -0.39 is 6.10 Å². The molecule has 0 rings (SSSR count). The SMILES string of the molecule is CC(C)=C=CC#C/C=C/C(C)O. The molecule has 1 nitrogen and oxygen atoms in total. The molecule has 1 heteroatoms. The molecule has 0 saturated heterocycles. The van der Waals surface area contributed by atoms with Gasteiger partial charge in [-0.1, -0.05) is 11.8 Å². The summed E-state index contributed by atoms with van der Waals surface area (Å²) in [7, 11) is 0. The smallest absolute Gasteiger partial charge is 0.0701 e. The molecule has 0 aromatic heterocycles. The van der Waals surface area contributed by atoms with E-state index in [1.165, 1.54) is 0 Å². The predicted molar refractivity (Wildman–Crippen MR) is 51.5 cm³/mol. The van der Waals surface area contributed by atoms with Crippen LogP contribution in [0.1, 0.15) is 20.8 Å². The van der Waals surface area contributed by atoms with Gasteiger partial charge < -0.3 is 5.11 Å². The van der Waals surface area contributed by atoms with Crippen molar-refractivity contribution in [3.05, 3.63) is 29.5 Å². The van der Waals surface area contributed by atoms with Gasteiger partial charge in [-0.2, -0.15) is 0 Å². The first-order chi connectivity index (χ1) is 5.63. The van der Waals surface area contributed by atoms with Gasteiger partial charge in [0.05, 0.1) is 6.10 Å². The van der Waals surface area contributed by atoms with Gasteiger partial charge in [-0.3, -0.25) is 0 Å². The summed E-state index contributed by atoms with van der Waals surface area (Å²) >= 11 is 0. The van der Waals surface area contributed by atoms with E-state index in [1.807, 2.05) is 13.8 Å². The normalized spacial score (nSPS) is 11.3. The third kappa shape index (κ3) is 8.78. The Hall–Kier alpha value is -1.22. The van der Waals surface area contributed by atoms with Gasteiger partial charge in [0.2, 0.25) is 0 Å². The van der Waals surface area contributed by atoms with Crippen molar-refractivity contribution in [3.8, 4) is 11.8 Å². The largest absolute Gasteiger partial charge is 0.389 e. The van der Waals surface area contributed by atoms with Crippen molar-refractivity contribution >= 4 is 0 Å². The van der Waals surface area contributed by atoms with Gasteiger partial charge in [0.1, 0.15) is 0 Å². The Labute approximate surface area is 74.1 Å². The van der Waals surface area contributed by atoms with Crippen LogP contribution in [0.15, 0.2) is 29.5 Å². The molecule has 12 heavy (non-hydrogen) atoms. The number of hydrogen-bond acceptors (Lipinski definition) is 1. The van der Waals surface area contributed by atoms with Crippen LogP contribution in [0, 0.1) is 11.8 Å². The first-order valence-corrected chi connectivity index (χ1v) is 3.87. The fourth-order valence-electron chi connectivity index (χ4n) is 0.458. The average Bonchev–Trinajstić information content (AvgIpc) is 1.95. The third-order valence-corrected chi connectivity index (χ3v) is 0.974. The molecule has 64 valence electrons. The van der Waals surface area contributed by atoms with E-state index in [4.69, 9.17) is 5.11 Å². The molecule has 0 aliphatic rings. The van der Waals surface area contributed by atoms with Crippen LogP contribution in [-0.4, -0.2) is 11.2 Å². The van der Waals surface area contributed by atoms with Crippen LogP contribution >= 0.6 is 0 Å². The van der Waals surface area contributed by atoms with Crippen LogP contribution in [-0.2, 0) is 0 Å². The standard InChI is InChI=1S/C11H14O/c1-10(2)8-6-4-5-7-9-11(3)12/h6-7,9,11-12H,1-3H3/b9-7+. The Bertz CT molecular complexity index is 261. The Morgan fingerprint density at radius 3 is 2.50 bits per heavy atom. The zero-order valence-corrected chi connectivity index (χ0v) is 7.76. The number of hydrogen-bond donors (Lipinski definition) is 1. The molecule has 0 spiro atoms. The molecule has 0 amide bonds. The Balaban J connectivity index is 4.00. The molecule has 0 radical (unpaired) electrons. The monoisotopic (exact) mass is 162 g/mol. The Morgan fingerprint density at radius 1 is 1.33 bits per heavy atom. The fraction of sp³-hybridized carbons (Fsp3) is 0.364. The van der Waals surface area contributed by atoms with E-state index >= 15 is 0 Å². The highest BCUT2D eigenvalue weighted by atomic mass is 16.3. The lowest BCUT2D eigenvalue weighted by molar-refractivity contribution is 0.244. The first-order valence-electron chi connectivity index (χ1n) is 3.87. The summed E-state index contributed by atoms with van der Waals surface area (Å²) in [5.41, 5.74) is 4.06. The lowest BCUT2D eigenvalue weighted by Gasteiger charge is -1.87. The van der Waals surface area contributed by atoms with Crippen molar-refractivity contribution in [1.29, 1.82) is 0 Å². The molecule has 0 aromatic carbocycles. The molecule has 1 N–H and O–H groups in total. The third-order valence-electron chi connectivity index (χ3n) is 0.974. The maximum absolute atomic E-state index is 8.81. The summed E-state index contributed by atoms with van der Waals surface area (Å²) in [6, 6.07) is 0.